The monoisotopic (exact) mass is 379 g/mol. The fraction of sp³-hybridized carbons (Fsp3) is 0.650. The first-order valence-electron chi connectivity index (χ1n) is 9.71. The molecule has 2 heterocycles. The van der Waals surface area contributed by atoms with Crippen LogP contribution in [0.5, 0.6) is 5.75 Å². The average molecular weight is 379 g/mol. The number of carbonyl (C=O) groups excluding carboxylic acids is 1. The van der Waals surface area contributed by atoms with Crippen molar-refractivity contribution in [2.75, 3.05) is 44.2 Å². The van der Waals surface area contributed by atoms with E-state index in [1.807, 2.05) is 20.8 Å². The summed E-state index contributed by atoms with van der Waals surface area (Å²) in [4.78, 5) is 16.2. The van der Waals surface area contributed by atoms with Crippen LogP contribution < -0.4 is 15.0 Å². The van der Waals surface area contributed by atoms with Crippen LogP contribution in [-0.4, -0.2) is 62.0 Å². The van der Waals surface area contributed by atoms with Gasteiger partial charge in [-0.2, -0.15) is 0 Å². The second-order valence-electron chi connectivity index (χ2n) is 8.16. The number of piperazine rings is 1. The number of amides is 1. The van der Waals surface area contributed by atoms with Crippen molar-refractivity contribution >= 4 is 11.8 Å². The zero-order valence-electron chi connectivity index (χ0n) is 16.5. The summed E-state index contributed by atoms with van der Waals surface area (Å²) in [6.07, 6.45) is 1.17. The van der Waals surface area contributed by atoms with Crippen LogP contribution in [0.1, 0.15) is 33.6 Å². The minimum absolute atomic E-state index is 0.172. The lowest BCUT2D eigenvalue weighted by Crippen LogP contribution is -2.46. The molecule has 27 heavy (non-hydrogen) atoms. The standard InChI is InChI=1S/C20H30FN3O3/c1-20(2,3)27-19(25)24-10-4-5-16(14-24)26-18-13-15(21)6-7-17(18)23-11-8-22-9-12-23/h6-7,13,16,22H,4-5,8-12,14H2,1-3H3. The van der Waals surface area contributed by atoms with Crippen LogP contribution in [0.2, 0.25) is 0 Å². The Morgan fingerprint density at radius 3 is 2.67 bits per heavy atom. The number of nitrogens with zero attached hydrogens (tertiary/aromatic N) is 2. The third-order valence-corrected chi connectivity index (χ3v) is 4.70. The molecule has 1 aromatic rings. The van der Waals surface area contributed by atoms with Crippen molar-refractivity contribution in [1.29, 1.82) is 0 Å². The van der Waals surface area contributed by atoms with Crippen molar-refractivity contribution in [3.05, 3.63) is 24.0 Å². The molecule has 1 N–H and O–H groups in total. The van der Waals surface area contributed by atoms with Gasteiger partial charge in [0.05, 0.1) is 12.2 Å². The van der Waals surface area contributed by atoms with E-state index in [1.54, 1.807) is 11.0 Å². The number of piperidine rings is 1. The molecule has 2 aliphatic rings. The second kappa shape index (κ2) is 8.33. The summed E-state index contributed by atoms with van der Waals surface area (Å²) in [6, 6.07) is 4.70. The van der Waals surface area contributed by atoms with Crippen LogP contribution in [-0.2, 0) is 4.74 Å². The van der Waals surface area contributed by atoms with Crippen molar-refractivity contribution < 1.29 is 18.7 Å². The summed E-state index contributed by atoms with van der Waals surface area (Å²) in [6.45, 7) is 10.2. The SMILES string of the molecule is CC(C)(C)OC(=O)N1CCCC(Oc2cc(F)ccc2N2CCNCC2)C1. The van der Waals surface area contributed by atoms with Crippen molar-refractivity contribution in [3.63, 3.8) is 0 Å². The molecule has 1 atom stereocenters. The van der Waals surface area contributed by atoms with Gasteiger partial charge in [0.25, 0.3) is 0 Å². The zero-order chi connectivity index (χ0) is 19.4. The molecule has 0 spiro atoms. The fourth-order valence-corrected chi connectivity index (χ4v) is 3.46. The molecule has 0 bridgehead atoms. The number of carbonyl (C=O) groups is 1. The average Bonchev–Trinajstić information content (AvgIpc) is 2.61. The molecular weight excluding hydrogens is 349 g/mol. The van der Waals surface area contributed by atoms with Gasteiger partial charge >= 0.3 is 6.09 Å². The van der Waals surface area contributed by atoms with Crippen molar-refractivity contribution in [2.24, 2.45) is 0 Å². The molecule has 2 aliphatic heterocycles. The summed E-state index contributed by atoms with van der Waals surface area (Å²) >= 11 is 0. The second-order valence-corrected chi connectivity index (χ2v) is 8.16. The Bertz CT molecular complexity index is 656. The van der Waals surface area contributed by atoms with Crippen molar-refractivity contribution in [3.8, 4) is 5.75 Å². The van der Waals surface area contributed by atoms with E-state index in [-0.39, 0.29) is 18.0 Å². The van der Waals surface area contributed by atoms with Crippen LogP contribution in [0.15, 0.2) is 18.2 Å². The molecule has 0 aromatic heterocycles. The molecule has 2 fully saturated rings. The Morgan fingerprint density at radius 2 is 1.96 bits per heavy atom. The third-order valence-electron chi connectivity index (χ3n) is 4.70. The molecule has 0 saturated carbocycles. The smallest absolute Gasteiger partial charge is 0.410 e. The minimum atomic E-state index is -0.525. The van der Waals surface area contributed by atoms with Crippen LogP contribution in [0, 0.1) is 5.82 Å². The first-order chi connectivity index (χ1) is 12.8. The Labute approximate surface area is 160 Å². The van der Waals surface area contributed by atoms with E-state index < -0.39 is 5.60 Å². The Hall–Kier alpha value is -2.02. The van der Waals surface area contributed by atoms with E-state index in [4.69, 9.17) is 9.47 Å². The van der Waals surface area contributed by atoms with Crippen LogP contribution >= 0.6 is 0 Å². The molecule has 1 unspecified atom stereocenters. The maximum Gasteiger partial charge on any atom is 0.410 e. The topological polar surface area (TPSA) is 54.0 Å². The molecule has 7 heteroatoms. The molecule has 0 radical (unpaired) electrons. The Kier molecular flexibility index (Phi) is 6.09. The van der Waals surface area contributed by atoms with Crippen LogP contribution in [0.3, 0.4) is 0 Å². The number of likely N-dealkylation sites (tertiary alicyclic amines) is 1. The van der Waals surface area contributed by atoms with E-state index in [1.165, 1.54) is 12.1 Å². The van der Waals surface area contributed by atoms with Gasteiger partial charge in [0, 0.05) is 38.8 Å². The van der Waals surface area contributed by atoms with Gasteiger partial charge in [-0.05, 0) is 45.7 Å². The predicted octanol–water partition coefficient (Wildman–Crippen LogP) is 3.01. The molecule has 3 rings (SSSR count). The molecule has 1 aromatic carbocycles. The number of hydrogen-bond acceptors (Lipinski definition) is 5. The molecular formula is C20H30FN3O3. The van der Waals surface area contributed by atoms with Gasteiger partial charge in [0.15, 0.2) is 0 Å². The van der Waals surface area contributed by atoms with E-state index in [0.717, 1.165) is 44.7 Å². The van der Waals surface area contributed by atoms with Crippen molar-refractivity contribution in [2.45, 2.75) is 45.3 Å². The number of benzene rings is 1. The summed E-state index contributed by atoms with van der Waals surface area (Å²) in [5.74, 6) is 0.233. The first kappa shape index (κ1) is 19.7. The lowest BCUT2D eigenvalue weighted by Gasteiger charge is -2.35. The van der Waals surface area contributed by atoms with Gasteiger partial charge in [-0.1, -0.05) is 0 Å². The largest absolute Gasteiger partial charge is 0.486 e. The highest BCUT2D eigenvalue weighted by Crippen LogP contribution is 2.32. The number of ether oxygens (including phenoxy) is 2. The molecule has 150 valence electrons. The van der Waals surface area contributed by atoms with Crippen LogP contribution in [0.4, 0.5) is 14.9 Å². The molecule has 1 amide bonds. The summed E-state index contributed by atoms with van der Waals surface area (Å²) < 4.78 is 25.5. The third kappa shape index (κ3) is 5.48. The van der Waals surface area contributed by atoms with E-state index in [2.05, 4.69) is 10.2 Å². The normalized spacial score (nSPS) is 21.1. The number of nitrogens with one attached hydrogen (secondary N) is 1. The highest BCUT2D eigenvalue weighted by Gasteiger charge is 2.29. The zero-order valence-corrected chi connectivity index (χ0v) is 16.5. The first-order valence-corrected chi connectivity index (χ1v) is 9.71. The quantitative estimate of drug-likeness (QED) is 0.875. The van der Waals surface area contributed by atoms with Gasteiger partial charge < -0.3 is 24.6 Å². The number of halogens is 1. The maximum atomic E-state index is 13.9. The molecule has 0 aliphatic carbocycles. The number of rotatable bonds is 3. The lowest BCUT2D eigenvalue weighted by atomic mass is 10.1. The Morgan fingerprint density at radius 1 is 1.22 bits per heavy atom. The van der Waals surface area contributed by atoms with Gasteiger partial charge in [-0.3, -0.25) is 0 Å². The molecule has 2 saturated heterocycles. The number of hydrogen-bond donors (Lipinski definition) is 1. The van der Waals surface area contributed by atoms with E-state index >= 15 is 0 Å². The number of anilines is 1. The van der Waals surface area contributed by atoms with Crippen molar-refractivity contribution in [1.82, 2.24) is 10.2 Å². The van der Waals surface area contributed by atoms with Gasteiger partial charge in [-0.15, -0.1) is 0 Å². The lowest BCUT2D eigenvalue weighted by molar-refractivity contribution is 0.00777. The highest BCUT2D eigenvalue weighted by molar-refractivity contribution is 5.68. The summed E-state index contributed by atoms with van der Waals surface area (Å²) in [5, 5.41) is 3.32. The predicted molar refractivity (Wildman–Crippen MR) is 103 cm³/mol. The van der Waals surface area contributed by atoms with Gasteiger partial charge in [0.1, 0.15) is 23.3 Å². The maximum absolute atomic E-state index is 13.9. The highest BCUT2D eigenvalue weighted by atomic mass is 19.1. The minimum Gasteiger partial charge on any atom is -0.486 e. The summed E-state index contributed by atoms with van der Waals surface area (Å²) in [7, 11) is 0. The van der Waals surface area contributed by atoms with Gasteiger partial charge in [-0.25, -0.2) is 9.18 Å². The van der Waals surface area contributed by atoms with Gasteiger partial charge in [0.2, 0.25) is 0 Å². The Balaban J connectivity index is 1.69. The van der Waals surface area contributed by atoms with Crippen LogP contribution in [0.25, 0.3) is 0 Å². The van der Waals surface area contributed by atoms with E-state index in [0.29, 0.717) is 18.8 Å². The summed E-state index contributed by atoms with van der Waals surface area (Å²) in [5.41, 5.74) is 0.385. The fourth-order valence-electron chi connectivity index (χ4n) is 3.46. The van der Waals surface area contributed by atoms with E-state index in [9.17, 15) is 9.18 Å². The molecule has 6 nitrogen and oxygen atoms in total.